The molecule has 3 fully saturated rings. The fourth-order valence-electron chi connectivity index (χ4n) is 5.76. The van der Waals surface area contributed by atoms with E-state index in [9.17, 15) is 13.2 Å². The van der Waals surface area contributed by atoms with Crippen LogP contribution in [0, 0.1) is 35.5 Å². The molecule has 164 valence electrons. The van der Waals surface area contributed by atoms with Crippen molar-refractivity contribution in [1.82, 2.24) is 0 Å². The number of halogens is 3. The lowest BCUT2D eigenvalue weighted by atomic mass is 9.76. The molecular formula is C24H35F3O2. The average molecular weight is 413 g/mol. The quantitative estimate of drug-likeness (QED) is 0.513. The van der Waals surface area contributed by atoms with Crippen LogP contribution in [0.25, 0.3) is 0 Å². The van der Waals surface area contributed by atoms with Crippen LogP contribution in [-0.4, -0.2) is 25.9 Å². The van der Waals surface area contributed by atoms with Gasteiger partial charge in [0.15, 0.2) is 6.29 Å². The Labute approximate surface area is 172 Å². The molecule has 0 bridgehead atoms. The van der Waals surface area contributed by atoms with E-state index in [2.05, 4.69) is 6.92 Å². The summed E-state index contributed by atoms with van der Waals surface area (Å²) in [6, 6.07) is 0. The third-order valence-corrected chi connectivity index (χ3v) is 7.84. The highest BCUT2D eigenvalue weighted by Crippen LogP contribution is 2.42. The minimum absolute atomic E-state index is 0.0773. The summed E-state index contributed by atoms with van der Waals surface area (Å²) in [6.07, 6.45) is 9.14. The second-order valence-corrected chi connectivity index (χ2v) is 9.83. The van der Waals surface area contributed by atoms with E-state index in [4.69, 9.17) is 9.47 Å². The molecule has 0 aromatic heterocycles. The molecule has 1 aliphatic heterocycles. The number of alkyl halides is 2. The minimum atomic E-state index is -2.25. The molecule has 0 aromatic rings. The van der Waals surface area contributed by atoms with Crippen LogP contribution >= 0.6 is 0 Å². The Morgan fingerprint density at radius 3 is 2.14 bits per heavy atom. The van der Waals surface area contributed by atoms with Gasteiger partial charge in [0.25, 0.3) is 0 Å². The van der Waals surface area contributed by atoms with Gasteiger partial charge in [0, 0.05) is 17.8 Å². The predicted molar refractivity (Wildman–Crippen MR) is 107 cm³/mol. The van der Waals surface area contributed by atoms with Gasteiger partial charge in [-0.3, -0.25) is 0 Å². The SMILES string of the molecule is CC1CCC(C2COC(C3C=C(F)C(C4CCC(C(F)F)CC4)=CC3)OC2)CC1. The van der Waals surface area contributed by atoms with Gasteiger partial charge in [-0.05, 0) is 74.3 Å². The molecule has 3 aliphatic carbocycles. The molecule has 1 heterocycles. The highest BCUT2D eigenvalue weighted by Gasteiger charge is 2.36. The number of hydrogen-bond donors (Lipinski definition) is 0. The van der Waals surface area contributed by atoms with Crippen LogP contribution in [-0.2, 0) is 9.47 Å². The molecule has 2 nitrogen and oxygen atoms in total. The third kappa shape index (κ3) is 5.10. The Morgan fingerprint density at radius 2 is 1.55 bits per heavy atom. The van der Waals surface area contributed by atoms with E-state index in [0.717, 1.165) is 11.5 Å². The first-order chi connectivity index (χ1) is 14.0. The molecule has 1 unspecified atom stereocenters. The zero-order chi connectivity index (χ0) is 20.4. The fourth-order valence-corrected chi connectivity index (χ4v) is 5.76. The van der Waals surface area contributed by atoms with E-state index < -0.39 is 12.3 Å². The average Bonchev–Trinajstić information content (AvgIpc) is 2.74. The van der Waals surface area contributed by atoms with Gasteiger partial charge in [-0.25, -0.2) is 13.2 Å². The summed E-state index contributed by atoms with van der Waals surface area (Å²) >= 11 is 0. The van der Waals surface area contributed by atoms with Crippen molar-refractivity contribution < 1.29 is 22.6 Å². The van der Waals surface area contributed by atoms with E-state index in [1.807, 2.05) is 6.08 Å². The Balaban J connectivity index is 1.26. The lowest BCUT2D eigenvalue weighted by Crippen LogP contribution is -2.40. The van der Waals surface area contributed by atoms with Gasteiger partial charge in [-0.15, -0.1) is 0 Å². The van der Waals surface area contributed by atoms with Crippen molar-refractivity contribution in [3.05, 3.63) is 23.6 Å². The van der Waals surface area contributed by atoms with Gasteiger partial charge in [-0.1, -0.05) is 25.8 Å². The summed E-state index contributed by atoms with van der Waals surface area (Å²) in [4.78, 5) is 0. The van der Waals surface area contributed by atoms with E-state index in [1.165, 1.54) is 25.7 Å². The van der Waals surface area contributed by atoms with E-state index in [-0.39, 0.29) is 24.0 Å². The first kappa shape index (κ1) is 21.4. The van der Waals surface area contributed by atoms with Gasteiger partial charge in [-0.2, -0.15) is 0 Å². The van der Waals surface area contributed by atoms with E-state index >= 15 is 0 Å². The topological polar surface area (TPSA) is 18.5 Å². The number of rotatable bonds is 4. The molecule has 2 saturated carbocycles. The van der Waals surface area contributed by atoms with Crippen molar-refractivity contribution in [1.29, 1.82) is 0 Å². The summed E-state index contributed by atoms with van der Waals surface area (Å²) in [6.45, 7) is 3.75. The maximum Gasteiger partial charge on any atom is 0.241 e. The maximum absolute atomic E-state index is 14.8. The first-order valence-electron chi connectivity index (χ1n) is 11.6. The summed E-state index contributed by atoms with van der Waals surface area (Å²) in [7, 11) is 0. The van der Waals surface area contributed by atoms with Crippen LogP contribution in [0.3, 0.4) is 0 Å². The Bertz CT molecular complexity index is 593. The van der Waals surface area contributed by atoms with Crippen molar-refractivity contribution >= 4 is 0 Å². The van der Waals surface area contributed by atoms with Gasteiger partial charge in [0.05, 0.1) is 13.2 Å². The summed E-state index contributed by atoms with van der Waals surface area (Å²) in [5, 5.41) is 0. The Kier molecular flexibility index (Phi) is 7.06. The van der Waals surface area contributed by atoms with Gasteiger partial charge < -0.3 is 9.47 Å². The number of ether oxygens (including phenoxy) is 2. The minimum Gasteiger partial charge on any atom is -0.352 e. The summed E-state index contributed by atoms with van der Waals surface area (Å²) < 4.78 is 52.6. The van der Waals surface area contributed by atoms with Crippen molar-refractivity contribution in [3.63, 3.8) is 0 Å². The van der Waals surface area contributed by atoms with Crippen molar-refractivity contribution in [2.45, 2.75) is 77.4 Å². The highest BCUT2D eigenvalue weighted by atomic mass is 19.3. The van der Waals surface area contributed by atoms with Crippen molar-refractivity contribution in [2.24, 2.45) is 35.5 Å². The monoisotopic (exact) mass is 412 g/mol. The number of allylic oxidation sites excluding steroid dienone is 3. The lowest BCUT2D eigenvalue weighted by molar-refractivity contribution is -0.225. The third-order valence-electron chi connectivity index (χ3n) is 7.84. The van der Waals surface area contributed by atoms with E-state index in [0.29, 0.717) is 57.2 Å². The van der Waals surface area contributed by atoms with Crippen molar-refractivity contribution in [3.8, 4) is 0 Å². The smallest absolute Gasteiger partial charge is 0.241 e. The zero-order valence-electron chi connectivity index (χ0n) is 17.5. The molecule has 0 N–H and O–H groups in total. The first-order valence-corrected chi connectivity index (χ1v) is 11.6. The second-order valence-electron chi connectivity index (χ2n) is 9.83. The van der Waals surface area contributed by atoms with Crippen LogP contribution in [0.1, 0.15) is 64.7 Å². The van der Waals surface area contributed by atoms with Crippen LogP contribution in [0.4, 0.5) is 13.2 Å². The Hall–Kier alpha value is -0.810. The van der Waals surface area contributed by atoms with Crippen molar-refractivity contribution in [2.75, 3.05) is 13.2 Å². The largest absolute Gasteiger partial charge is 0.352 e. The molecule has 5 heteroatoms. The molecule has 29 heavy (non-hydrogen) atoms. The van der Waals surface area contributed by atoms with Crippen LogP contribution in [0.15, 0.2) is 23.6 Å². The zero-order valence-corrected chi connectivity index (χ0v) is 17.5. The normalized spacial score (nSPS) is 41.8. The highest BCUT2D eigenvalue weighted by molar-refractivity contribution is 5.32. The molecule has 0 aromatic carbocycles. The molecule has 0 spiro atoms. The molecule has 4 aliphatic rings. The van der Waals surface area contributed by atoms with Crippen LogP contribution in [0.5, 0.6) is 0 Å². The molecule has 4 rings (SSSR count). The number of hydrogen-bond acceptors (Lipinski definition) is 2. The van der Waals surface area contributed by atoms with E-state index in [1.54, 1.807) is 6.08 Å². The molecule has 0 radical (unpaired) electrons. The maximum atomic E-state index is 14.8. The van der Waals surface area contributed by atoms with Crippen LogP contribution < -0.4 is 0 Å². The predicted octanol–water partition coefficient (Wildman–Crippen LogP) is 6.67. The van der Waals surface area contributed by atoms with Gasteiger partial charge in [0.2, 0.25) is 6.43 Å². The summed E-state index contributed by atoms with van der Waals surface area (Å²) in [5.74, 6) is 1.27. The molecular weight excluding hydrogens is 377 g/mol. The standard InChI is InChI=1S/C24H35F3O2/c1-15-2-4-16(5-3-15)20-13-28-24(29-14-20)19-10-11-21(22(25)12-19)17-6-8-18(9-7-17)23(26)27/h11-12,15-20,23-24H,2-10,13-14H2,1H3. The fraction of sp³-hybridized carbons (Fsp3) is 0.833. The van der Waals surface area contributed by atoms with Crippen LogP contribution in [0.2, 0.25) is 0 Å². The van der Waals surface area contributed by atoms with Gasteiger partial charge >= 0.3 is 0 Å². The second kappa shape index (κ2) is 9.55. The Morgan fingerprint density at radius 1 is 0.897 bits per heavy atom. The summed E-state index contributed by atoms with van der Waals surface area (Å²) in [5.41, 5.74) is 0.721. The molecule has 0 amide bonds. The molecule has 1 atom stereocenters. The van der Waals surface area contributed by atoms with Gasteiger partial charge in [0.1, 0.15) is 5.83 Å². The molecule has 1 saturated heterocycles. The lowest BCUT2D eigenvalue weighted by Gasteiger charge is -2.39.